The van der Waals surface area contributed by atoms with Gasteiger partial charge in [-0.15, -0.1) is 23.7 Å². The number of nitrogens with one attached hydrogen (secondary N) is 1. The number of fused-ring (bicyclic) bond motifs is 1. The van der Waals surface area contributed by atoms with Gasteiger partial charge in [-0.05, 0) is 29.8 Å². The maximum atomic E-state index is 12.3. The molecule has 0 aliphatic carbocycles. The number of rotatable bonds is 3. The quantitative estimate of drug-likeness (QED) is 0.842. The molecule has 7 heteroatoms. The van der Waals surface area contributed by atoms with E-state index in [1.165, 1.54) is 16.2 Å². The third-order valence-electron chi connectivity index (χ3n) is 3.34. The van der Waals surface area contributed by atoms with Crippen LogP contribution in [-0.2, 0) is 17.8 Å². The standard InChI is InChI=1S/C15H16N2O3S.ClH/c1-19-12-3-2-10(7-11(12)16)17-15(18)14-6-9-8-20-5-4-13(9)21-14;/h2-3,6-7H,4-5,8,16H2,1H3,(H,17,18);1H. The van der Waals surface area contributed by atoms with Gasteiger partial charge in [0.15, 0.2) is 0 Å². The zero-order valence-electron chi connectivity index (χ0n) is 12.0. The minimum absolute atomic E-state index is 0. The zero-order chi connectivity index (χ0) is 14.8. The molecular weight excluding hydrogens is 324 g/mol. The highest BCUT2D eigenvalue weighted by Crippen LogP contribution is 2.29. The largest absolute Gasteiger partial charge is 0.495 e. The van der Waals surface area contributed by atoms with Gasteiger partial charge in [-0.2, -0.15) is 0 Å². The molecule has 2 heterocycles. The van der Waals surface area contributed by atoms with Crippen LogP contribution in [-0.4, -0.2) is 19.6 Å². The molecule has 0 fully saturated rings. The van der Waals surface area contributed by atoms with Gasteiger partial charge >= 0.3 is 0 Å². The molecule has 1 aliphatic rings. The van der Waals surface area contributed by atoms with E-state index >= 15 is 0 Å². The first-order chi connectivity index (χ1) is 10.2. The van der Waals surface area contributed by atoms with E-state index in [1.807, 2.05) is 6.07 Å². The first-order valence-electron chi connectivity index (χ1n) is 6.61. The normalized spacial score (nSPS) is 13.0. The number of hydrogen-bond donors (Lipinski definition) is 2. The molecule has 5 nitrogen and oxygen atoms in total. The number of carbonyl (C=O) groups is 1. The summed E-state index contributed by atoms with van der Waals surface area (Å²) in [6.45, 7) is 1.32. The predicted octanol–water partition coefficient (Wildman–Crippen LogP) is 3.09. The van der Waals surface area contributed by atoms with Gasteiger partial charge < -0.3 is 20.5 Å². The van der Waals surface area contributed by atoms with Crippen molar-refractivity contribution in [2.24, 2.45) is 0 Å². The van der Waals surface area contributed by atoms with Crippen molar-refractivity contribution in [1.82, 2.24) is 0 Å². The van der Waals surface area contributed by atoms with Gasteiger partial charge in [0, 0.05) is 17.0 Å². The Kier molecular flexibility index (Phi) is 5.28. The molecule has 118 valence electrons. The van der Waals surface area contributed by atoms with Crippen molar-refractivity contribution in [3.05, 3.63) is 39.6 Å². The van der Waals surface area contributed by atoms with E-state index in [1.54, 1.807) is 25.3 Å². The average Bonchev–Trinajstić information content (AvgIpc) is 2.91. The molecule has 0 saturated carbocycles. The monoisotopic (exact) mass is 340 g/mol. The molecule has 1 aliphatic heterocycles. The van der Waals surface area contributed by atoms with Crippen LogP contribution in [0.4, 0.5) is 11.4 Å². The van der Waals surface area contributed by atoms with Gasteiger partial charge in [0.25, 0.3) is 5.91 Å². The summed E-state index contributed by atoms with van der Waals surface area (Å²) >= 11 is 1.53. The lowest BCUT2D eigenvalue weighted by Gasteiger charge is -2.10. The number of nitrogen functional groups attached to an aromatic ring is 1. The van der Waals surface area contributed by atoms with E-state index in [-0.39, 0.29) is 18.3 Å². The van der Waals surface area contributed by atoms with Crippen LogP contribution >= 0.6 is 23.7 Å². The number of thiophene rings is 1. The summed E-state index contributed by atoms with van der Waals surface area (Å²) in [7, 11) is 1.56. The van der Waals surface area contributed by atoms with Crippen LogP contribution in [0.2, 0.25) is 0 Å². The van der Waals surface area contributed by atoms with E-state index in [0.717, 1.165) is 18.6 Å². The van der Waals surface area contributed by atoms with Crippen molar-refractivity contribution in [3.8, 4) is 5.75 Å². The van der Waals surface area contributed by atoms with Crippen LogP contribution in [0, 0.1) is 0 Å². The Bertz CT molecular complexity index is 664. The fraction of sp³-hybridized carbons (Fsp3) is 0.267. The SMILES string of the molecule is COc1ccc(NC(=O)c2cc3c(s2)CCOC3)cc1N.Cl. The summed E-state index contributed by atoms with van der Waals surface area (Å²) in [5.74, 6) is 0.468. The second-order valence-corrected chi connectivity index (χ2v) is 5.91. The summed E-state index contributed by atoms with van der Waals surface area (Å²) < 4.78 is 10.5. The van der Waals surface area contributed by atoms with Crippen LogP contribution in [0.25, 0.3) is 0 Å². The van der Waals surface area contributed by atoms with Gasteiger partial charge in [-0.3, -0.25) is 4.79 Å². The molecule has 0 bridgehead atoms. The molecule has 3 N–H and O–H groups in total. The highest BCUT2D eigenvalue weighted by Gasteiger charge is 2.17. The van der Waals surface area contributed by atoms with Crippen molar-refractivity contribution in [2.75, 3.05) is 24.8 Å². The fourth-order valence-electron chi connectivity index (χ4n) is 2.26. The summed E-state index contributed by atoms with van der Waals surface area (Å²) in [4.78, 5) is 14.2. The first kappa shape index (κ1) is 16.6. The lowest BCUT2D eigenvalue weighted by atomic mass is 10.2. The fourth-order valence-corrected chi connectivity index (χ4v) is 3.31. The number of ether oxygens (including phenoxy) is 2. The molecule has 22 heavy (non-hydrogen) atoms. The van der Waals surface area contributed by atoms with Gasteiger partial charge in [0.2, 0.25) is 0 Å². The molecule has 0 unspecified atom stereocenters. The molecule has 0 spiro atoms. The minimum atomic E-state index is -0.126. The molecule has 0 radical (unpaired) electrons. The highest BCUT2D eigenvalue weighted by molar-refractivity contribution is 7.14. The van der Waals surface area contributed by atoms with Crippen molar-refractivity contribution in [2.45, 2.75) is 13.0 Å². The Morgan fingerprint density at radius 1 is 1.41 bits per heavy atom. The number of halogens is 1. The number of hydrogen-bond acceptors (Lipinski definition) is 5. The van der Waals surface area contributed by atoms with Crippen molar-refractivity contribution >= 4 is 41.0 Å². The maximum Gasteiger partial charge on any atom is 0.265 e. The van der Waals surface area contributed by atoms with Crippen LogP contribution < -0.4 is 15.8 Å². The van der Waals surface area contributed by atoms with Crippen molar-refractivity contribution in [1.29, 1.82) is 0 Å². The Balaban J connectivity index is 0.00000176. The summed E-state index contributed by atoms with van der Waals surface area (Å²) in [6.07, 6.45) is 0.878. The molecule has 0 saturated heterocycles. The predicted molar refractivity (Wildman–Crippen MR) is 90.3 cm³/mol. The van der Waals surface area contributed by atoms with Gasteiger partial charge in [-0.25, -0.2) is 0 Å². The second kappa shape index (κ2) is 7.00. The summed E-state index contributed by atoms with van der Waals surface area (Å²) in [5.41, 5.74) is 8.10. The minimum Gasteiger partial charge on any atom is -0.495 e. The summed E-state index contributed by atoms with van der Waals surface area (Å²) in [6, 6.07) is 7.09. The molecule has 2 aromatic rings. The van der Waals surface area contributed by atoms with Crippen LogP contribution in [0.5, 0.6) is 5.75 Å². The lowest BCUT2D eigenvalue weighted by Crippen LogP contribution is -2.10. The van der Waals surface area contributed by atoms with E-state index < -0.39 is 0 Å². The maximum absolute atomic E-state index is 12.3. The number of methoxy groups -OCH3 is 1. The number of nitrogens with two attached hydrogens (primary N) is 1. The third-order valence-corrected chi connectivity index (χ3v) is 4.57. The van der Waals surface area contributed by atoms with E-state index in [2.05, 4.69) is 5.32 Å². The van der Waals surface area contributed by atoms with Crippen molar-refractivity contribution in [3.63, 3.8) is 0 Å². The van der Waals surface area contributed by atoms with Crippen LogP contribution in [0.15, 0.2) is 24.3 Å². The van der Waals surface area contributed by atoms with Gasteiger partial charge in [-0.1, -0.05) is 0 Å². The number of amides is 1. The molecule has 0 atom stereocenters. The Morgan fingerprint density at radius 2 is 2.23 bits per heavy atom. The Hall–Kier alpha value is -1.76. The van der Waals surface area contributed by atoms with Crippen LogP contribution in [0.3, 0.4) is 0 Å². The van der Waals surface area contributed by atoms with E-state index in [0.29, 0.717) is 28.6 Å². The van der Waals surface area contributed by atoms with E-state index in [4.69, 9.17) is 15.2 Å². The van der Waals surface area contributed by atoms with Crippen LogP contribution in [0.1, 0.15) is 20.1 Å². The second-order valence-electron chi connectivity index (χ2n) is 4.77. The molecule has 1 aromatic heterocycles. The average molecular weight is 341 g/mol. The number of benzene rings is 1. The smallest absolute Gasteiger partial charge is 0.265 e. The molecule has 3 rings (SSSR count). The highest BCUT2D eigenvalue weighted by atomic mass is 35.5. The third kappa shape index (κ3) is 3.35. The molecule has 1 aromatic carbocycles. The van der Waals surface area contributed by atoms with Gasteiger partial charge in [0.1, 0.15) is 5.75 Å². The lowest BCUT2D eigenvalue weighted by molar-refractivity contribution is 0.102. The Labute approximate surface area is 138 Å². The molecule has 1 amide bonds. The number of carbonyl (C=O) groups excluding carboxylic acids is 1. The van der Waals surface area contributed by atoms with E-state index in [9.17, 15) is 4.79 Å². The Morgan fingerprint density at radius 3 is 2.91 bits per heavy atom. The summed E-state index contributed by atoms with van der Waals surface area (Å²) in [5, 5.41) is 2.85. The molecular formula is C15H17ClN2O3S. The number of anilines is 2. The van der Waals surface area contributed by atoms with Crippen molar-refractivity contribution < 1.29 is 14.3 Å². The zero-order valence-corrected chi connectivity index (χ0v) is 13.7. The topological polar surface area (TPSA) is 73.6 Å². The van der Waals surface area contributed by atoms with Gasteiger partial charge in [0.05, 0.1) is 30.9 Å². The first-order valence-corrected chi connectivity index (χ1v) is 7.43.